The molecule has 0 aromatic heterocycles. The highest BCUT2D eigenvalue weighted by Gasteiger charge is 2.16. The van der Waals surface area contributed by atoms with E-state index < -0.39 is 22.3 Å². The predicted octanol–water partition coefficient (Wildman–Crippen LogP) is 1.91. The van der Waals surface area contributed by atoms with E-state index in [0.717, 1.165) is 18.2 Å². The zero-order valence-corrected chi connectivity index (χ0v) is 8.12. The van der Waals surface area contributed by atoms with Crippen molar-refractivity contribution >= 4 is 28.9 Å². The van der Waals surface area contributed by atoms with Gasteiger partial charge in [0.05, 0.1) is 11.0 Å². The van der Waals surface area contributed by atoms with E-state index >= 15 is 0 Å². The summed E-state index contributed by atoms with van der Waals surface area (Å²) in [7, 11) is 0. The van der Waals surface area contributed by atoms with E-state index in [1.807, 2.05) is 0 Å². The summed E-state index contributed by atoms with van der Waals surface area (Å²) in [5, 5.41) is 12.7. The fourth-order valence-electron chi connectivity index (χ4n) is 0.945. The van der Waals surface area contributed by atoms with Crippen LogP contribution >= 0.6 is 11.6 Å². The molecule has 15 heavy (non-hydrogen) atoms. The Morgan fingerprint density at radius 2 is 2.27 bits per heavy atom. The minimum Gasteiger partial charge on any atom is -0.319 e. The van der Waals surface area contributed by atoms with Crippen molar-refractivity contribution in [1.29, 1.82) is 0 Å². The van der Waals surface area contributed by atoms with Crippen molar-refractivity contribution in [2.75, 3.05) is 11.2 Å². The highest BCUT2D eigenvalue weighted by atomic mass is 35.5. The number of alkyl halides is 1. The minimum atomic E-state index is -0.785. The maximum atomic E-state index is 12.7. The number of nitrogens with zero attached hydrogens (tertiary/aromatic N) is 1. The number of nitro groups is 1. The zero-order chi connectivity index (χ0) is 11.4. The first-order chi connectivity index (χ1) is 7.04. The molecule has 5 nitrogen and oxygen atoms in total. The molecule has 0 saturated carbocycles. The highest BCUT2D eigenvalue weighted by molar-refractivity contribution is 6.29. The first-order valence-corrected chi connectivity index (χ1v) is 4.38. The van der Waals surface area contributed by atoms with Gasteiger partial charge in [0.25, 0.3) is 5.69 Å². The molecular formula is C8H6ClFN2O3. The average molecular weight is 233 g/mol. The Hall–Kier alpha value is -1.69. The van der Waals surface area contributed by atoms with Crippen molar-refractivity contribution < 1.29 is 14.1 Å². The van der Waals surface area contributed by atoms with Gasteiger partial charge in [0.2, 0.25) is 5.91 Å². The van der Waals surface area contributed by atoms with Gasteiger partial charge in [-0.05, 0) is 12.1 Å². The van der Waals surface area contributed by atoms with Crippen LogP contribution < -0.4 is 5.32 Å². The van der Waals surface area contributed by atoms with Gasteiger partial charge in [-0.3, -0.25) is 14.9 Å². The van der Waals surface area contributed by atoms with Crippen LogP contribution in [0.15, 0.2) is 18.2 Å². The van der Waals surface area contributed by atoms with E-state index in [0.29, 0.717) is 0 Å². The van der Waals surface area contributed by atoms with E-state index in [2.05, 4.69) is 5.32 Å². The summed E-state index contributed by atoms with van der Waals surface area (Å²) < 4.78 is 12.7. The summed E-state index contributed by atoms with van der Waals surface area (Å²) >= 11 is 5.21. The number of carbonyl (C=O) groups excluding carboxylic acids is 1. The zero-order valence-electron chi connectivity index (χ0n) is 7.37. The molecule has 0 radical (unpaired) electrons. The van der Waals surface area contributed by atoms with E-state index in [9.17, 15) is 19.3 Å². The molecule has 1 aromatic carbocycles. The largest absolute Gasteiger partial charge is 0.319 e. The SMILES string of the molecule is O=C(CCl)Nc1ccc(F)cc1[N+](=O)[O-]. The number of hydrogen-bond donors (Lipinski definition) is 1. The van der Waals surface area contributed by atoms with Crippen molar-refractivity contribution in [3.63, 3.8) is 0 Å². The Morgan fingerprint density at radius 3 is 2.80 bits per heavy atom. The second kappa shape index (κ2) is 4.70. The summed E-state index contributed by atoms with van der Waals surface area (Å²) in [6.45, 7) is 0. The summed E-state index contributed by atoms with van der Waals surface area (Å²) in [4.78, 5) is 20.6. The van der Waals surface area contributed by atoms with Gasteiger partial charge >= 0.3 is 0 Å². The molecule has 0 unspecified atom stereocenters. The number of amides is 1. The minimum absolute atomic E-state index is 0.0768. The molecule has 0 heterocycles. The molecule has 0 saturated heterocycles. The average Bonchev–Trinajstić information content (AvgIpc) is 2.20. The maximum absolute atomic E-state index is 12.7. The third kappa shape index (κ3) is 2.88. The molecule has 0 aliphatic heterocycles. The van der Waals surface area contributed by atoms with Gasteiger partial charge in [-0.15, -0.1) is 11.6 Å². The Morgan fingerprint density at radius 1 is 1.60 bits per heavy atom. The number of nitrogens with one attached hydrogen (secondary N) is 1. The van der Waals surface area contributed by atoms with Crippen LogP contribution in [0.2, 0.25) is 0 Å². The second-order valence-electron chi connectivity index (χ2n) is 2.60. The third-order valence-electron chi connectivity index (χ3n) is 1.55. The van der Waals surface area contributed by atoms with E-state index in [4.69, 9.17) is 11.6 Å². The van der Waals surface area contributed by atoms with Crippen molar-refractivity contribution in [3.05, 3.63) is 34.1 Å². The molecule has 80 valence electrons. The third-order valence-corrected chi connectivity index (χ3v) is 1.79. The van der Waals surface area contributed by atoms with Crippen LogP contribution in [0, 0.1) is 15.9 Å². The molecule has 7 heteroatoms. The Bertz CT molecular complexity index is 411. The molecule has 0 atom stereocenters. The van der Waals surface area contributed by atoms with Crippen LogP contribution in [0.3, 0.4) is 0 Å². The van der Waals surface area contributed by atoms with Gasteiger partial charge in [0, 0.05) is 0 Å². The Kier molecular flexibility index (Phi) is 3.56. The van der Waals surface area contributed by atoms with Crippen molar-refractivity contribution in [3.8, 4) is 0 Å². The summed E-state index contributed by atoms with van der Waals surface area (Å²) in [6, 6.07) is 2.85. The normalized spacial score (nSPS) is 9.73. The maximum Gasteiger partial charge on any atom is 0.295 e. The van der Waals surface area contributed by atoms with Crippen LogP contribution in [0.5, 0.6) is 0 Å². The summed E-state index contributed by atoms with van der Waals surface area (Å²) in [5.41, 5.74) is -0.583. The van der Waals surface area contributed by atoms with Crippen LogP contribution in [0.1, 0.15) is 0 Å². The van der Waals surface area contributed by atoms with Crippen molar-refractivity contribution in [2.45, 2.75) is 0 Å². The van der Waals surface area contributed by atoms with Gasteiger partial charge in [-0.2, -0.15) is 0 Å². The van der Waals surface area contributed by atoms with Gasteiger partial charge in [0.1, 0.15) is 17.4 Å². The van der Waals surface area contributed by atoms with Crippen LogP contribution in [0.25, 0.3) is 0 Å². The molecule has 0 bridgehead atoms. The summed E-state index contributed by atoms with van der Waals surface area (Å²) in [5.74, 6) is -1.66. The molecule has 1 amide bonds. The molecule has 1 aromatic rings. The number of rotatable bonds is 3. The highest BCUT2D eigenvalue weighted by Crippen LogP contribution is 2.24. The lowest BCUT2D eigenvalue weighted by Gasteiger charge is -2.03. The Balaban J connectivity index is 3.06. The standard InChI is InChI=1S/C8H6ClFN2O3/c9-4-8(13)11-6-2-1-5(10)3-7(6)12(14)15/h1-3H,4H2,(H,11,13). The van der Waals surface area contributed by atoms with Gasteiger partial charge in [-0.1, -0.05) is 0 Å². The predicted molar refractivity (Wildman–Crippen MR) is 52.4 cm³/mol. The van der Waals surface area contributed by atoms with Crippen LogP contribution in [-0.2, 0) is 4.79 Å². The number of benzene rings is 1. The van der Waals surface area contributed by atoms with Gasteiger partial charge in [0.15, 0.2) is 0 Å². The number of nitro benzene ring substituents is 1. The first-order valence-electron chi connectivity index (χ1n) is 3.84. The molecule has 0 aliphatic carbocycles. The van der Waals surface area contributed by atoms with Gasteiger partial charge < -0.3 is 5.32 Å². The molecule has 0 fully saturated rings. The van der Waals surface area contributed by atoms with E-state index in [1.165, 1.54) is 0 Å². The van der Waals surface area contributed by atoms with Gasteiger partial charge in [-0.25, -0.2) is 4.39 Å². The quantitative estimate of drug-likeness (QED) is 0.492. The summed E-state index contributed by atoms with van der Waals surface area (Å²) in [6.07, 6.45) is 0. The molecule has 0 spiro atoms. The fourth-order valence-corrected chi connectivity index (χ4v) is 1.01. The smallest absolute Gasteiger partial charge is 0.295 e. The van der Waals surface area contributed by atoms with Crippen LogP contribution in [-0.4, -0.2) is 16.7 Å². The lowest BCUT2D eigenvalue weighted by Crippen LogP contribution is -2.13. The molecule has 1 N–H and O–H groups in total. The lowest BCUT2D eigenvalue weighted by molar-refractivity contribution is -0.384. The number of hydrogen-bond acceptors (Lipinski definition) is 3. The Labute approximate surface area is 89.0 Å². The monoisotopic (exact) mass is 232 g/mol. The van der Waals surface area contributed by atoms with Crippen molar-refractivity contribution in [2.24, 2.45) is 0 Å². The fraction of sp³-hybridized carbons (Fsp3) is 0.125. The molecular weight excluding hydrogens is 227 g/mol. The number of anilines is 1. The van der Waals surface area contributed by atoms with Crippen molar-refractivity contribution in [1.82, 2.24) is 0 Å². The van der Waals surface area contributed by atoms with E-state index in [1.54, 1.807) is 0 Å². The second-order valence-corrected chi connectivity index (χ2v) is 2.87. The molecule has 1 rings (SSSR count). The van der Waals surface area contributed by atoms with E-state index in [-0.39, 0.29) is 11.6 Å². The first kappa shape index (κ1) is 11.4. The lowest BCUT2D eigenvalue weighted by atomic mass is 10.2. The molecule has 0 aliphatic rings. The number of halogens is 2. The van der Waals surface area contributed by atoms with Crippen LogP contribution in [0.4, 0.5) is 15.8 Å². The number of carbonyl (C=O) groups is 1. The topological polar surface area (TPSA) is 72.2 Å².